The van der Waals surface area contributed by atoms with Gasteiger partial charge in [0.2, 0.25) is 0 Å². The van der Waals surface area contributed by atoms with Crippen molar-refractivity contribution in [1.29, 1.82) is 0 Å². The Bertz CT molecular complexity index is 926. The van der Waals surface area contributed by atoms with E-state index in [0.29, 0.717) is 12.8 Å². The topological polar surface area (TPSA) is 72.8 Å². The standard InChI is InChI=1S/C45H76O5/c1-3-5-7-9-11-13-15-17-19-20-21-22-23-24-26-28-30-32-34-36-38-40-45(48)50-43(41-46)42-49-44(47)39-37-35-33-31-29-27-25-18-16-14-12-10-8-6-4-2/h12,14,18-20,22-23,25-26,28,32,34,43,46H,3-11,13,15-17,21,24,27,29-31,33,35-42H2,1-2H3/b14-12+,20-19+,23-22+,25-18+,28-26+,34-32+/t43-/m0/s1. The van der Waals surface area contributed by atoms with Gasteiger partial charge in [-0.1, -0.05) is 157 Å². The van der Waals surface area contributed by atoms with Crippen molar-refractivity contribution in [3.8, 4) is 0 Å². The summed E-state index contributed by atoms with van der Waals surface area (Å²) in [5.41, 5.74) is 0. The largest absolute Gasteiger partial charge is 0.462 e. The molecule has 0 rings (SSSR count). The van der Waals surface area contributed by atoms with Crippen molar-refractivity contribution < 1.29 is 24.2 Å². The molecule has 0 bridgehead atoms. The third-order valence-electron chi connectivity index (χ3n) is 8.47. The first kappa shape index (κ1) is 47.3. The lowest BCUT2D eigenvalue weighted by molar-refractivity contribution is -0.161. The summed E-state index contributed by atoms with van der Waals surface area (Å²) in [7, 11) is 0. The average Bonchev–Trinajstić information content (AvgIpc) is 3.12. The van der Waals surface area contributed by atoms with E-state index >= 15 is 0 Å². The van der Waals surface area contributed by atoms with Gasteiger partial charge in [-0.25, -0.2) is 0 Å². The number of rotatable bonds is 36. The molecule has 286 valence electrons. The van der Waals surface area contributed by atoms with Gasteiger partial charge >= 0.3 is 11.9 Å². The van der Waals surface area contributed by atoms with Gasteiger partial charge in [-0.3, -0.25) is 9.59 Å². The predicted octanol–water partition coefficient (Wildman–Crippen LogP) is 13.0. The van der Waals surface area contributed by atoms with Crippen molar-refractivity contribution in [2.45, 2.75) is 187 Å². The summed E-state index contributed by atoms with van der Waals surface area (Å²) in [5, 5.41) is 9.55. The monoisotopic (exact) mass is 697 g/mol. The summed E-state index contributed by atoms with van der Waals surface area (Å²) in [4.78, 5) is 24.2. The van der Waals surface area contributed by atoms with Crippen LogP contribution in [-0.4, -0.2) is 36.4 Å². The summed E-state index contributed by atoms with van der Waals surface area (Å²) in [6.45, 7) is 4.04. The summed E-state index contributed by atoms with van der Waals surface area (Å²) in [5.74, 6) is -0.677. The summed E-state index contributed by atoms with van der Waals surface area (Å²) < 4.78 is 10.6. The fourth-order valence-electron chi connectivity index (χ4n) is 5.34. The third kappa shape index (κ3) is 38.1. The molecule has 0 aromatic rings. The van der Waals surface area contributed by atoms with Gasteiger partial charge in [0.05, 0.1) is 6.61 Å². The molecule has 0 aromatic carbocycles. The van der Waals surface area contributed by atoms with Gasteiger partial charge in [-0.15, -0.1) is 0 Å². The van der Waals surface area contributed by atoms with Crippen molar-refractivity contribution in [3.05, 3.63) is 72.9 Å². The van der Waals surface area contributed by atoms with E-state index < -0.39 is 6.10 Å². The summed E-state index contributed by atoms with van der Waals surface area (Å²) in [6, 6.07) is 0. The molecule has 0 fully saturated rings. The van der Waals surface area contributed by atoms with E-state index in [4.69, 9.17) is 9.47 Å². The van der Waals surface area contributed by atoms with Crippen LogP contribution in [0.15, 0.2) is 72.9 Å². The Hall–Kier alpha value is -2.66. The number of unbranched alkanes of at least 4 members (excludes halogenated alkanes) is 16. The minimum Gasteiger partial charge on any atom is -0.462 e. The van der Waals surface area contributed by atoms with Gasteiger partial charge in [0, 0.05) is 12.8 Å². The number of ether oxygens (including phenoxy) is 2. The normalized spacial score (nSPS) is 12.9. The van der Waals surface area contributed by atoms with Crippen LogP contribution < -0.4 is 0 Å². The van der Waals surface area contributed by atoms with Gasteiger partial charge in [-0.05, 0) is 83.5 Å². The number of hydrogen-bond acceptors (Lipinski definition) is 5. The van der Waals surface area contributed by atoms with Gasteiger partial charge in [0.25, 0.3) is 0 Å². The second-order valence-corrected chi connectivity index (χ2v) is 13.4. The molecule has 0 unspecified atom stereocenters. The van der Waals surface area contributed by atoms with E-state index in [1.54, 1.807) is 0 Å². The molecule has 5 heteroatoms. The first-order chi connectivity index (χ1) is 24.6. The molecule has 0 saturated carbocycles. The number of allylic oxidation sites excluding steroid dienone is 12. The molecular formula is C45H76O5. The number of aliphatic hydroxyl groups excluding tert-OH is 1. The molecule has 0 heterocycles. The maximum Gasteiger partial charge on any atom is 0.306 e. The average molecular weight is 697 g/mol. The van der Waals surface area contributed by atoms with Crippen LogP contribution in [0.4, 0.5) is 0 Å². The molecule has 0 aliphatic carbocycles. The molecule has 1 atom stereocenters. The quantitative estimate of drug-likeness (QED) is 0.0401. The molecule has 1 N–H and O–H groups in total. The fourth-order valence-corrected chi connectivity index (χ4v) is 5.34. The zero-order valence-electron chi connectivity index (χ0n) is 32.4. The second-order valence-electron chi connectivity index (χ2n) is 13.4. The van der Waals surface area contributed by atoms with Crippen LogP contribution in [0.5, 0.6) is 0 Å². The van der Waals surface area contributed by atoms with Gasteiger partial charge in [-0.2, -0.15) is 0 Å². The number of aliphatic hydroxyl groups is 1. The molecule has 0 aliphatic heterocycles. The Labute approximate surface area is 308 Å². The maximum absolute atomic E-state index is 12.2. The van der Waals surface area contributed by atoms with Crippen LogP contribution in [-0.2, 0) is 19.1 Å². The Morgan fingerprint density at radius 2 is 0.820 bits per heavy atom. The first-order valence-electron chi connectivity index (χ1n) is 20.5. The van der Waals surface area contributed by atoms with Crippen molar-refractivity contribution in [2.75, 3.05) is 13.2 Å². The summed E-state index contributed by atoms with van der Waals surface area (Å²) >= 11 is 0. The van der Waals surface area contributed by atoms with Crippen molar-refractivity contribution in [1.82, 2.24) is 0 Å². The fraction of sp³-hybridized carbons (Fsp3) is 0.689. The van der Waals surface area contributed by atoms with Crippen LogP contribution in [0.25, 0.3) is 0 Å². The highest BCUT2D eigenvalue weighted by atomic mass is 16.6. The lowest BCUT2D eigenvalue weighted by Crippen LogP contribution is -2.28. The molecule has 0 spiro atoms. The molecule has 0 saturated heterocycles. The van der Waals surface area contributed by atoms with Crippen molar-refractivity contribution in [2.24, 2.45) is 0 Å². The molecule has 0 amide bonds. The van der Waals surface area contributed by atoms with Crippen LogP contribution in [0.2, 0.25) is 0 Å². The Kier molecular flexibility index (Phi) is 38.6. The smallest absolute Gasteiger partial charge is 0.306 e. The molecule has 0 aliphatic rings. The molecule has 5 nitrogen and oxygen atoms in total. The maximum atomic E-state index is 12.2. The minimum absolute atomic E-state index is 0.0984. The van der Waals surface area contributed by atoms with Crippen LogP contribution in [0, 0.1) is 0 Å². The van der Waals surface area contributed by atoms with E-state index in [0.717, 1.165) is 64.2 Å². The highest BCUT2D eigenvalue weighted by molar-refractivity contribution is 5.70. The predicted molar refractivity (Wildman–Crippen MR) is 214 cm³/mol. The third-order valence-corrected chi connectivity index (χ3v) is 8.47. The van der Waals surface area contributed by atoms with Crippen molar-refractivity contribution >= 4 is 11.9 Å². The van der Waals surface area contributed by atoms with E-state index in [1.807, 2.05) is 0 Å². The lowest BCUT2D eigenvalue weighted by atomic mass is 10.1. The minimum atomic E-state index is -0.809. The zero-order chi connectivity index (χ0) is 36.4. The highest BCUT2D eigenvalue weighted by Crippen LogP contribution is 2.11. The van der Waals surface area contributed by atoms with Crippen molar-refractivity contribution in [3.63, 3.8) is 0 Å². The highest BCUT2D eigenvalue weighted by Gasteiger charge is 2.15. The van der Waals surface area contributed by atoms with Gasteiger partial charge in [0.15, 0.2) is 6.10 Å². The number of esters is 2. The Morgan fingerprint density at radius 1 is 0.460 bits per heavy atom. The molecule has 50 heavy (non-hydrogen) atoms. The second kappa shape index (κ2) is 40.8. The molecular weight excluding hydrogens is 620 g/mol. The Morgan fingerprint density at radius 3 is 1.30 bits per heavy atom. The number of carbonyl (C=O) groups excluding carboxylic acids is 2. The number of carbonyl (C=O) groups is 2. The molecule has 0 aromatic heterocycles. The first-order valence-corrected chi connectivity index (χ1v) is 20.5. The van der Waals surface area contributed by atoms with E-state index in [2.05, 4.69) is 86.8 Å². The molecule has 0 radical (unpaired) electrons. The van der Waals surface area contributed by atoms with Crippen LogP contribution in [0.3, 0.4) is 0 Å². The van der Waals surface area contributed by atoms with E-state index in [-0.39, 0.29) is 31.6 Å². The van der Waals surface area contributed by atoms with Gasteiger partial charge in [0.1, 0.15) is 6.61 Å². The summed E-state index contributed by atoms with van der Waals surface area (Å²) in [6.07, 6.45) is 54.0. The van der Waals surface area contributed by atoms with Crippen LogP contribution in [0.1, 0.15) is 181 Å². The van der Waals surface area contributed by atoms with E-state index in [1.165, 1.54) is 83.5 Å². The zero-order valence-corrected chi connectivity index (χ0v) is 32.4. The SMILES string of the molecule is CCCCC/C=C/C/C=C/CCCCCCCC(=O)OC[C@H](CO)OC(=O)CCC/C=C/C/C=C/C/C=C/C/C=C/CCCCCCCCC. The Balaban J connectivity index is 3.70. The lowest BCUT2D eigenvalue weighted by Gasteiger charge is -2.15. The van der Waals surface area contributed by atoms with Gasteiger partial charge < -0.3 is 14.6 Å². The van der Waals surface area contributed by atoms with E-state index in [9.17, 15) is 14.7 Å². The van der Waals surface area contributed by atoms with Crippen LogP contribution >= 0.6 is 0 Å². The number of hydrogen-bond donors (Lipinski definition) is 1.